The summed E-state index contributed by atoms with van der Waals surface area (Å²) in [6.45, 7) is 6.16. The fourth-order valence-corrected chi connectivity index (χ4v) is 3.77. The molecule has 1 fully saturated rings. The third-order valence-electron chi connectivity index (χ3n) is 5.38. The van der Waals surface area contributed by atoms with E-state index < -0.39 is 0 Å². The van der Waals surface area contributed by atoms with E-state index in [0.29, 0.717) is 13.1 Å². The lowest BCUT2D eigenvalue weighted by atomic mass is 9.90. The Balaban J connectivity index is 1.45. The predicted molar refractivity (Wildman–Crippen MR) is 107 cm³/mol. The van der Waals surface area contributed by atoms with Crippen molar-refractivity contribution in [1.82, 2.24) is 9.80 Å². The van der Waals surface area contributed by atoms with Crippen LogP contribution in [0.5, 0.6) is 0 Å². The minimum absolute atomic E-state index is 0.248. The van der Waals surface area contributed by atoms with Gasteiger partial charge in [0.25, 0.3) is 0 Å². The number of amides is 1. The minimum Gasteiger partial charge on any atom is -0.338 e. The summed E-state index contributed by atoms with van der Waals surface area (Å²) in [4.78, 5) is 17.0. The molecule has 3 rings (SSSR count). The molecule has 1 aliphatic heterocycles. The van der Waals surface area contributed by atoms with Crippen LogP contribution in [0.25, 0.3) is 0 Å². The first-order chi connectivity index (χ1) is 12.7. The van der Waals surface area contributed by atoms with E-state index in [9.17, 15) is 4.79 Å². The van der Waals surface area contributed by atoms with Gasteiger partial charge in [-0.3, -0.25) is 9.69 Å². The quantitative estimate of drug-likeness (QED) is 0.754. The first-order valence-electron chi connectivity index (χ1n) is 9.82. The van der Waals surface area contributed by atoms with Gasteiger partial charge in [-0.25, -0.2) is 0 Å². The van der Waals surface area contributed by atoms with E-state index >= 15 is 0 Å². The third-order valence-corrected chi connectivity index (χ3v) is 5.38. The van der Waals surface area contributed by atoms with Gasteiger partial charge >= 0.3 is 0 Å². The van der Waals surface area contributed by atoms with Crippen LogP contribution in [-0.4, -0.2) is 41.9 Å². The molecule has 138 valence electrons. The monoisotopic (exact) mass is 350 g/mol. The van der Waals surface area contributed by atoms with Gasteiger partial charge in [0.15, 0.2) is 0 Å². The van der Waals surface area contributed by atoms with Crippen molar-refractivity contribution < 1.29 is 4.79 Å². The van der Waals surface area contributed by atoms with Gasteiger partial charge in [-0.1, -0.05) is 60.7 Å². The standard InChI is InChI=1S/C23H30N2O/c1-2-25(18-22-11-7-4-8-12-22)23(26)19-24-15-13-21(14-16-24)17-20-9-5-3-6-10-20/h3-12,21H,2,13-19H2,1H3. The Bertz CT molecular complexity index is 663. The number of hydrogen-bond acceptors (Lipinski definition) is 2. The summed E-state index contributed by atoms with van der Waals surface area (Å²) >= 11 is 0. The molecule has 0 unspecified atom stereocenters. The highest BCUT2D eigenvalue weighted by Gasteiger charge is 2.22. The molecule has 1 aliphatic rings. The SMILES string of the molecule is CCN(Cc1ccccc1)C(=O)CN1CCC(Cc2ccccc2)CC1. The summed E-state index contributed by atoms with van der Waals surface area (Å²) in [6, 6.07) is 21.0. The molecule has 2 aromatic rings. The average Bonchev–Trinajstić information content (AvgIpc) is 2.69. The molecule has 3 nitrogen and oxygen atoms in total. The molecule has 0 saturated carbocycles. The van der Waals surface area contributed by atoms with Crippen molar-refractivity contribution in [2.75, 3.05) is 26.2 Å². The molecule has 0 N–H and O–H groups in total. The fraction of sp³-hybridized carbons (Fsp3) is 0.435. The molecule has 1 heterocycles. The van der Waals surface area contributed by atoms with Gasteiger partial charge in [-0.15, -0.1) is 0 Å². The molecule has 2 aromatic carbocycles. The normalized spacial score (nSPS) is 15.7. The van der Waals surface area contributed by atoms with Crippen molar-refractivity contribution in [2.24, 2.45) is 5.92 Å². The summed E-state index contributed by atoms with van der Waals surface area (Å²) in [5.74, 6) is 0.994. The minimum atomic E-state index is 0.248. The van der Waals surface area contributed by atoms with E-state index in [0.717, 1.165) is 32.0 Å². The van der Waals surface area contributed by atoms with Gasteiger partial charge in [-0.2, -0.15) is 0 Å². The summed E-state index contributed by atoms with van der Waals surface area (Å²) in [7, 11) is 0. The molecule has 0 radical (unpaired) electrons. The highest BCUT2D eigenvalue weighted by Crippen LogP contribution is 2.21. The topological polar surface area (TPSA) is 23.6 Å². The van der Waals surface area contributed by atoms with Crippen LogP contribution in [0.4, 0.5) is 0 Å². The fourth-order valence-electron chi connectivity index (χ4n) is 3.77. The Morgan fingerprint density at radius 2 is 1.54 bits per heavy atom. The highest BCUT2D eigenvalue weighted by molar-refractivity contribution is 5.78. The second-order valence-electron chi connectivity index (χ2n) is 7.30. The maximum Gasteiger partial charge on any atom is 0.237 e. The van der Waals surface area contributed by atoms with Crippen molar-refractivity contribution in [3.63, 3.8) is 0 Å². The van der Waals surface area contributed by atoms with Crippen LogP contribution in [-0.2, 0) is 17.8 Å². The van der Waals surface area contributed by atoms with Crippen LogP contribution in [0.15, 0.2) is 60.7 Å². The van der Waals surface area contributed by atoms with Crippen LogP contribution >= 0.6 is 0 Å². The first kappa shape index (κ1) is 18.7. The average molecular weight is 351 g/mol. The van der Waals surface area contributed by atoms with Crippen LogP contribution in [0.2, 0.25) is 0 Å². The zero-order valence-electron chi connectivity index (χ0n) is 15.8. The summed E-state index contributed by atoms with van der Waals surface area (Å²) in [6.07, 6.45) is 3.54. The lowest BCUT2D eigenvalue weighted by molar-refractivity contribution is -0.133. The van der Waals surface area contributed by atoms with Gasteiger partial charge in [0.2, 0.25) is 5.91 Å². The van der Waals surface area contributed by atoms with Crippen molar-refractivity contribution >= 4 is 5.91 Å². The molecule has 1 amide bonds. The Labute approximate surface area is 157 Å². The number of carbonyl (C=O) groups is 1. The molecule has 0 bridgehead atoms. The second-order valence-corrected chi connectivity index (χ2v) is 7.30. The summed E-state index contributed by atoms with van der Waals surface area (Å²) in [5.41, 5.74) is 2.63. The number of rotatable bonds is 7. The van der Waals surface area contributed by atoms with Gasteiger partial charge in [-0.05, 0) is 56.3 Å². The number of benzene rings is 2. The van der Waals surface area contributed by atoms with E-state index in [1.54, 1.807) is 0 Å². The lowest BCUT2D eigenvalue weighted by Gasteiger charge is -2.33. The van der Waals surface area contributed by atoms with Crippen molar-refractivity contribution in [2.45, 2.75) is 32.7 Å². The van der Waals surface area contributed by atoms with Gasteiger partial charge in [0, 0.05) is 13.1 Å². The molecular weight excluding hydrogens is 320 g/mol. The van der Waals surface area contributed by atoms with E-state index in [-0.39, 0.29) is 5.91 Å². The largest absolute Gasteiger partial charge is 0.338 e. The Morgan fingerprint density at radius 1 is 0.962 bits per heavy atom. The van der Waals surface area contributed by atoms with Crippen LogP contribution in [0.1, 0.15) is 30.9 Å². The van der Waals surface area contributed by atoms with Gasteiger partial charge < -0.3 is 4.90 Å². The molecule has 0 aliphatic carbocycles. The number of carbonyl (C=O) groups excluding carboxylic acids is 1. The highest BCUT2D eigenvalue weighted by atomic mass is 16.2. The zero-order valence-corrected chi connectivity index (χ0v) is 15.8. The van der Waals surface area contributed by atoms with Crippen LogP contribution in [0, 0.1) is 5.92 Å². The van der Waals surface area contributed by atoms with E-state index in [2.05, 4.69) is 54.3 Å². The number of likely N-dealkylation sites (N-methyl/N-ethyl adjacent to an activating group) is 1. The molecule has 0 aromatic heterocycles. The summed E-state index contributed by atoms with van der Waals surface area (Å²) in [5, 5.41) is 0. The number of likely N-dealkylation sites (tertiary alicyclic amines) is 1. The Kier molecular flexibility index (Phi) is 6.84. The maximum absolute atomic E-state index is 12.7. The van der Waals surface area contributed by atoms with Crippen LogP contribution < -0.4 is 0 Å². The number of piperidine rings is 1. The number of nitrogens with zero attached hydrogens (tertiary/aromatic N) is 2. The van der Waals surface area contributed by atoms with Gasteiger partial charge in [0.1, 0.15) is 0 Å². The summed E-state index contributed by atoms with van der Waals surface area (Å²) < 4.78 is 0. The Hall–Kier alpha value is -2.13. The van der Waals surface area contributed by atoms with Crippen LogP contribution in [0.3, 0.4) is 0 Å². The third kappa shape index (κ3) is 5.43. The smallest absolute Gasteiger partial charge is 0.237 e. The zero-order chi connectivity index (χ0) is 18.2. The van der Waals surface area contributed by atoms with Crippen molar-refractivity contribution in [3.05, 3.63) is 71.8 Å². The molecule has 3 heteroatoms. The van der Waals surface area contributed by atoms with E-state index in [1.807, 2.05) is 23.1 Å². The van der Waals surface area contributed by atoms with Crippen molar-refractivity contribution in [3.8, 4) is 0 Å². The molecular formula is C23H30N2O. The lowest BCUT2D eigenvalue weighted by Crippen LogP contribution is -2.43. The van der Waals surface area contributed by atoms with Gasteiger partial charge in [0.05, 0.1) is 6.54 Å². The second kappa shape index (κ2) is 9.54. The predicted octanol–water partition coefficient (Wildman–Crippen LogP) is 3.99. The van der Waals surface area contributed by atoms with Crippen molar-refractivity contribution in [1.29, 1.82) is 0 Å². The maximum atomic E-state index is 12.7. The Morgan fingerprint density at radius 3 is 2.12 bits per heavy atom. The number of hydrogen-bond donors (Lipinski definition) is 0. The molecule has 1 saturated heterocycles. The molecule has 0 atom stereocenters. The van der Waals surface area contributed by atoms with E-state index in [1.165, 1.54) is 24.0 Å². The first-order valence-corrected chi connectivity index (χ1v) is 9.82. The molecule has 0 spiro atoms. The van der Waals surface area contributed by atoms with E-state index in [4.69, 9.17) is 0 Å². The molecule has 26 heavy (non-hydrogen) atoms.